The van der Waals surface area contributed by atoms with Crippen LogP contribution < -0.4 is 10.6 Å². The molecule has 1 heterocycles. The van der Waals surface area contributed by atoms with Crippen molar-refractivity contribution in [2.45, 2.75) is 90.9 Å². The third kappa shape index (κ3) is 8.68. The zero-order valence-corrected chi connectivity index (χ0v) is 19.0. The fourth-order valence-electron chi connectivity index (χ4n) is 3.61. The second-order valence-corrected chi connectivity index (χ2v) is 8.13. The molecule has 5 nitrogen and oxygen atoms in total. The highest BCUT2D eigenvalue weighted by Crippen LogP contribution is 2.20. The number of hydrogen-bond acceptors (Lipinski definition) is 4. The van der Waals surface area contributed by atoms with Gasteiger partial charge in [0.2, 0.25) is 5.82 Å². The minimum atomic E-state index is -0.183. The Morgan fingerprint density at radius 3 is 2.07 bits per heavy atom. The van der Waals surface area contributed by atoms with E-state index in [-0.39, 0.29) is 11.7 Å². The molecule has 1 aromatic carbocycles. The van der Waals surface area contributed by atoms with Gasteiger partial charge in [-0.3, -0.25) is 4.79 Å². The Kier molecular flexibility index (Phi) is 11.9. The molecule has 2 aromatic rings. The second kappa shape index (κ2) is 14.8. The summed E-state index contributed by atoms with van der Waals surface area (Å²) in [5.41, 5.74) is 0.808. The van der Waals surface area contributed by atoms with Gasteiger partial charge in [0.05, 0.1) is 5.52 Å². The van der Waals surface area contributed by atoms with Crippen LogP contribution in [0.4, 0.5) is 5.82 Å². The van der Waals surface area contributed by atoms with Crippen LogP contribution in [0.5, 0.6) is 0 Å². The van der Waals surface area contributed by atoms with Gasteiger partial charge in [0.15, 0.2) is 0 Å². The molecule has 0 atom stereocenters. The van der Waals surface area contributed by atoms with Crippen LogP contribution in [0, 0.1) is 0 Å². The Morgan fingerprint density at radius 1 is 0.767 bits per heavy atom. The number of anilines is 1. The van der Waals surface area contributed by atoms with Crippen molar-refractivity contribution >= 4 is 22.6 Å². The van der Waals surface area contributed by atoms with E-state index >= 15 is 0 Å². The number of benzene rings is 1. The molecule has 166 valence electrons. The van der Waals surface area contributed by atoms with Gasteiger partial charge in [-0.25, -0.2) is 9.97 Å². The number of carbonyl (C=O) groups excluding carboxylic acids is 1. The molecule has 2 N–H and O–H groups in total. The van der Waals surface area contributed by atoms with Crippen molar-refractivity contribution in [2.75, 3.05) is 18.4 Å². The number of nitrogens with one attached hydrogen (secondary N) is 2. The zero-order chi connectivity index (χ0) is 21.4. The third-order valence-electron chi connectivity index (χ3n) is 5.44. The normalized spacial score (nSPS) is 11.0. The Labute approximate surface area is 182 Å². The molecule has 30 heavy (non-hydrogen) atoms. The molecule has 1 amide bonds. The van der Waals surface area contributed by atoms with Crippen LogP contribution in [0.2, 0.25) is 0 Å². The van der Waals surface area contributed by atoms with Crippen LogP contribution in [-0.4, -0.2) is 29.0 Å². The van der Waals surface area contributed by atoms with Crippen molar-refractivity contribution in [3.8, 4) is 0 Å². The van der Waals surface area contributed by atoms with Gasteiger partial charge in [-0.1, -0.05) is 90.2 Å². The molecule has 0 fully saturated rings. The van der Waals surface area contributed by atoms with Crippen LogP contribution >= 0.6 is 0 Å². The van der Waals surface area contributed by atoms with Gasteiger partial charge in [-0.05, 0) is 25.0 Å². The molecule has 5 heteroatoms. The van der Waals surface area contributed by atoms with Crippen LogP contribution in [0.1, 0.15) is 102 Å². The lowest BCUT2D eigenvalue weighted by Gasteiger charge is -2.11. The number of fused-ring (bicyclic) bond motifs is 1. The quantitative estimate of drug-likeness (QED) is 0.309. The summed E-state index contributed by atoms with van der Waals surface area (Å²) in [6, 6.07) is 7.89. The summed E-state index contributed by atoms with van der Waals surface area (Å²) in [5.74, 6) is 0.834. The summed E-state index contributed by atoms with van der Waals surface area (Å²) >= 11 is 0. The first-order chi connectivity index (χ1) is 14.8. The number of rotatable bonds is 16. The fraction of sp³-hybridized carbons (Fsp3) is 0.640. The Bertz CT molecular complexity index is 747. The molecular formula is C25H40N4O. The third-order valence-corrected chi connectivity index (χ3v) is 5.44. The number of carbonyl (C=O) groups is 1. The summed E-state index contributed by atoms with van der Waals surface area (Å²) in [5, 5.41) is 7.39. The zero-order valence-electron chi connectivity index (χ0n) is 19.0. The maximum atomic E-state index is 12.6. The Balaban J connectivity index is 1.87. The van der Waals surface area contributed by atoms with Crippen LogP contribution in [-0.2, 0) is 0 Å². The van der Waals surface area contributed by atoms with E-state index in [2.05, 4.69) is 34.4 Å². The van der Waals surface area contributed by atoms with Gasteiger partial charge >= 0.3 is 0 Å². The number of aromatic nitrogens is 2. The van der Waals surface area contributed by atoms with E-state index < -0.39 is 0 Å². The van der Waals surface area contributed by atoms with Gasteiger partial charge in [0.25, 0.3) is 5.91 Å². The number of nitrogens with zero attached hydrogens (tertiary/aromatic N) is 2. The van der Waals surface area contributed by atoms with E-state index in [1.165, 1.54) is 57.8 Å². The standard InChI is InChI=1S/C25H40N4O/c1-3-5-7-9-11-15-19-26-23-21-17-13-14-18-22(21)28-24(29-23)25(30)27-20-16-12-10-8-6-4-2/h13-14,17-18H,3-12,15-16,19-20H2,1-2H3,(H,27,30)(H,26,28,29). The second-order valence-electron chi connectivity index (χ2n) is 8.13. The van der Waals surface area contributed by atoms with Crippen molar-refractivity contribution in [3.63, 3.8) is 0 Å². The van der Waals surface area contributed by atoms with E-state index in [4.69, 9.17) is 0 Å². The average molecular weight is 413 g/mol. The van der Waals surface area contributed by atoms with Gasteiger partial charge < -0.3 is 10.6 Å². The maximum Gasteiger partial charge on any atom is 0.289 e. The molecular weight excluding hydrogens is 372 g/mol. The summed E-state index contributed by atoms with van der Waals surface area (Å²) in [4.78, 5) is 21.6. The molecule has 0 unspecified atom stereocenters. The van der Waals surface area contributed by atoms with Crippen LogP contribution in [0.3, 0.4) is 0 Å². The SMILES string of the molecule is CCCCCCCCNC(=O)c1nc(NCCCCCCCC)c2ccccc2n1. The van der Waals surface area contributed by atoms with E-state index in [1.54, 1.807) is 0 Å². The van der Waals surface area contributed by atoms with E-state index in [1.807, 2.05) is 24.3 Å². The Hall–Kier alpha value is -2.17. The lowest BCUT2D eigenvalue weighted by atomic mass is 10.1. The minimum Gasteiger partial charge on any atom is -0.369 e. The number of unbranched alkanes of at least 4 members (excludes halogenated alkanes) is 10. The lowest BCUT2D eigenvalue weighted by molar-refractivity contribution is 0.0943. The summed E-state index contributed by atoms with van der Waals surface area (Å²) in [6.45, 7) is 6.01. The highest BCUT2D eigenvalue weighted by atomic mass is 16.2. The number of hydrogen-bond donors (Lipinski definition) is 2. The first kappa shape index (κ1) is 24.1. The molecule has 0 spiro atoms. The topological polar surface area (TPSA) is 66.9 Å². The number of para-hydroxylation sites is 1. The smallest absolute Gasteiger partial charge is 0.289 e. The van der Waals surface area contributed by atoms with Gasteiger partial charge in [-0.2, -0.15) is 0 Å². The lowest BCUT2D eigenvalue weighted by Crippen LogP contribution is -2.27. The number of amides is 1. The van der Waals surface area contributed by atoms with Gasteiger partial charge in [0.1, 0.15) is 5.82 Å². The summed E-state index contributed by atoms with van der Waals surface area (Å²) in [7, 11) is 0. The molecule has 2 rings (SSSR count). The molecule has 0 radical (unpaired) electrons. The average Bonchev–Trinajstić information content (AvgIpc) is 2.77. The maximum absolute atomic E-state index is 12.6. The van der Waals surface area contributed by atoms with Gasteiger partial charge in [0, 0.05) is 18.5 Å². The molecule has 0 bridgehead atoms. The Morgan fingerprint density at radius 2 is 1.37 bits per heavy atom. The van der Waals surface area contributed by atoms with Crippen molar-refractivity contribution in [2.24, 2.45) is 0 Å². The fourth-order valence-corrected chi connectivity index (χ4v) is 3.61. The predicted octanol–water partition coefficient (Wildman–Crippen LogP) is 6.49. The van der Waals surface area contributed by atoms with Crippen LogP contribution in [0.25, 0.3) is 10.9 Å². The predicted molar refractivity (Wildman–Crippen MR) is 127 cm³/mol. The van der Waals surface area contributed by atoms with Crippen molar-refractivity contribution in [1.82, 2.24) is 15.3 Å². The summed E-state index contributed by atoms with van der Waals surface area (Å²) < 4.78 is 0. The van der Waals surface area contributed by atoms with Gasteiger partial charge in [-0.15, -0.1) is 0 Å². The van der Waals surface area contributed by atoms with Crippen molar-refractivity contribution in [1.29, 1.82) is 0 Å². The summed E-state index contributed by atoms with van der Waals surface area (Å²) in [6.07, 6.45) is 14.8. The first-order valence-electron chi connectivity index (χ1n) is 12.0. The largest absolute Gasteiger partial charge is 0.369 e. The highest BCUT2D eigenvalue weighted by Gasteiger charge is 2.13. The highest BCUT2D eigenvalue weighted by molar-refractivity contribution is 5.96. The molecule has 0 aliphatic heterocycles. The first-order valence-corrected chi connectivity index (χ1v) is 12.0. The molecule has 0 aliphatic carbocycles. The monoisotopic (exact) mass is 412 g/mol. The van der Waals surface area contributed by atoms with Crippen LogP contribution in [0.15, 0.2) is 24.3 Å². The van der Waals surface area contributed by atoms with Crippen molar-refractivity contribution in [3.05, 3.63) is 30.1 Å². The molecule has 0 aliphatic rings. The van der Waals surface area contributed by atoms with E-state index in [0.717, 1.165) is 42.5 Å². The van der Waals surface area contributed by atoms with E-state index in [0.29, 0.717) is 6.54 Å². The molecule has 0 saturated heterocycles. The molecule has 0 saturated carbocycles. The van der Waals surface area contributed by atoms with E-state index in [9.17, 15) is 4.79 Å². The minimum absolute atomic E-state index is 0.183. The van der Waals surface area contributed by atoms with Crippen molar-refractivity contribution < 1.29 is 4.79 Å². The molecule has 1 aromatic heterocycles.